The highest BCUT2D eigenvalue weighted by Gasteiger charge is 2.53. The van der Waals surface area contributed by atoms with E-state index in [9.17, 15) is 9.59 Å². The summed E-state index contributed by atoms with van der Waals surface area (Å²) < 4.78 is 0. The summed E-state index contributed by atoms with van der Waals surface area (Å²) in [4.78, 5) is 25.4. The number of thioether (sulfide) groups is 1. The van der Waals surface area contributed by atoms with Crippen molar-refractivity contribution in [1.29, 1.82) is 0 Å². The van der Waals surface area contributed by atoms with Gasteiger partial charge in [0.15, 0.2) is 0 Å². The summed E-state index contributed by atoms with van der Waals surface area (Å²) in [5.41, 5.74) is -0.491. The van der Waals surface area contributed by atoms with E-state index in [1.54, 1.807) is 16.7 Å². The Balaban J connectivity index is 2.07. The van der Waals surface area contributed by atoms with Crippen LogP contribution < -0.4 is 5.32 Å². The van der Waals surface area contributed by atoms with Gasteiger partial charge in [-0.25, -0.2) is 4.79 Å². The Morgan fingerprint density at radius 1 is 1.38 bits per heavy atom. The zero-order valence-corrected chi connectivity index (χ0v) is 10.4. The number of nitrogens with zero attached hydrogens (tertiary/aromatic N) is 1. The quantitative estimate of drug-likeness (QED) is 0.602. The molecule has 16 heavy (non-hydrogen) atoms. The number of imide groups is 1. The van der Waals surface area contributed by atoms with Gasteiger partial charge in [-0.3, -0.25) is 10.1 Å². The Labute approximate surface area is 100 Å². The van der Waals surface area contributed by atoms with Crippen molar-refractivity contribution in [3.63, 3.8) is 0 Å². The van der Waals surface area contributed by atoms with Crippen molar-refractivity contribution < 1.29 is 9.59 Å². The summed E-state index contributed by atoms with van der Waals surface area (Å²) in [5.74, 6) is 0.966. The van der Waals surface area contributed by atoms with Gasteiger partial charge in [0.05, 0.1) is 0 Å². The summed E-state index contributed by atoms with van der Waals surface area (Å²) in [6.45, 7) is 0.707. The van der Waals surface area contributed by atoms with Crippen LogP contribution in [0, 0.1) is 0 Å². The number of hydrogen-bond acceptors (Lipinski definition) is 3. The molecular weight excluding hydrogens is 224 g/mol. The minimum atomic E-state index is -0.491. The number of amides is 3. The average Bonchev–Trinajstić information content (AvgIpc) is 2.81. The highest BCUT2D eigenvalue weighted by atomic mass is 32.2. The molecule has 0 aromatic heterocycles. The van der Waals surface area contributed by atoms with Crippen LogP contribution in [0.15, 0.2) is 0 Å². The zero-order chi connectivity index (χ0) is 11.6. The van der Waals surface area contributed by atoms with Crippen LogP contribution in [-0.4, -0.2) is 40.9 Å². The Bertz CT molecular complexity index is 300. The summed E-state index contributed by atoms with van der Waals surface area (Å²) >= 11 is 1.77. The average molecular weight is 242 g/mol. The maximum atomic E-state index is 11.9. The molecule has 0 aromatic rings. The normalized spacial score (nSPS) is 23.2. The lowest BCUT2D eigenvalue weighted by atomic mass is 9.96. The van der Waals surface area contributed by atoms with E-state index in [2.05, 4.69) is 11.6 Å². The molecule has 2 fully saturated rings. The topological polar surface area (TPSA) is 49.4 Å². The maximum absolute atomic E-state index is 11.9. The van der Waals surface area contributed by atoms with E-state index < -0.39 is 5.54 Å². The lowest BCUT2D eigenvalue weighted by Gasteiger charge is -2.31. The Morgan fingerprint density at radius 2 is 2.06 bits per heavy atom. The molecule has 1 N–H and O–H groups in total. The third kappa shape index (κ3) is 1.81. The Kier molecular flexibility index (Phi) is 3.42. The molecule has 1 saturated heterocycles. The summed E-state index contributed by atoms with van der Waals surface area (Å²) in [7, 11) is 0. The van der Waals surface area contributed by atoms with Crippen LogP contribution >= 0.6 is 11.8 Å². The minimum Gasteiger partial charge on any atom is -0.310 e. The molecule has 0 unspecified atom stereocenters. The van der Waals surface area contributed by atoms with Crippen LogP contribution in [0.25, 0.3) is 0 Å². The molecule has 4 nitrogen and oxygen atoms in total. The predicted octanol–water partition coefficient (Wildman–Crippen LogP) is 1.60. The molecular formula is C11H18N2O2S. The smallest absolute Gasteiger partial charge is 0.310 e. The lowest BCUT2D eigenvalue weighted by Crippen LogP contribution is -2.47. The number of rotatable bonds is 4. The van der Waals surface area contributed by atoms with E-state index in [-0.39, 0.29) is 11.9 Å². The third-order valence-electron chi connectivity index (χ3n) is 3.57. The van der Waals surface area contributed by atoms with Crippen LogP contribution in [0.3, 0.4) is 0 Å². The number of hydrogen-bond donors (Lipinski definition) is 1. The van der Waals surface area contributed by atoms with Gasteiger partial charge in [-0.05, 0) is 31.3 Å². The fourth-order valence-corrected chi connectivity index (χ4v) is 3.16. The molecule has 0 bridgehead atoms. The van der Waals surface area contributed by atoms with Crippen molar-refractivity contribution >= 4 is 23.7 Å². The van der Waals surface area contributed by atoms with Gasteiger partial charge in [0, 0.05) is 6.54 Å². The van der Waals surface area contributed by atoms with E-state index in [0.29, 0.717) is 6.54 Å². The van der Waals surface area contributed by atoms with Crippen LogP contribution in [-0.2, 0) is 4.79 Å². The lowest BCUT2D eigenvalue weighted by molar-refractivity contribution is -0.126. The first-order chi connectivity index (χ1) is 7.70. The van der Waals surface area contributed by atoms with Crippen LogP contribution in [0.4, 0.5) is 4.79 Å². The molecule has 3 amide bonds. The largest absolute Gasteiger partial charge is 0.325 e. The van der Waals surface area contributed by atoms with Crippen molar-refractivity contribution in [1.82, 2.24) is 10.2 Å². The van der Waals surface area contributed by atoms with Crippen LogP contribution in [0.1, 0.15) is 32.1 Å². The van der Waals surface area contributed by atoms with Gasteiger partial charge in [-0.1, -0.05) is 12.8 Å². The molecule has 1 spiro atoms. The molecule has 0 atom stereocenters. The molecule has 2 aliphatic rings. The van der Waals surface area contributed by atoms with E-state index in [4.69, 9.17) is 0 Å². The van der Waals surface area contributed by atoms with Crippen molar-refractivity contribution in [2.24, 2.45) is 0 Å². The van der Waals surface area contributed by atoms with Crippen LogP contribution in [0.5, 0.6) is 0 Å². The summed E-state index contributed by atoms with van der Waals surface area (Å²) in [6.07, 6.45) is 6.80. The molecule has 1 aliphatic carbocycles. The van der Waals surface area contributed by atoms with E-state index >= 15 is 0 Å². The third-order valence-corrected chi connectivity index (χ3v) is 4.26. The van der Waals surface area contributed by atoms with Crippen molar-refractivity contribution in [2.75, 3.05) is 18.6 Å². The zero-order valence-electron chi connectivity index (χ0n) is 9.62. The van der Waals surface area contributed by atoms with Gasteiger partial charge in [-0.2, -0.15) is 11.8 Å². The van der Waals surface area contributed by atoms with Crippen LogP contribution in [0.2, 0.25) is 0 Å². The Morgan fingerprint density at radius 3 is 2.69 bits per heavy atom. The molecule has 5 heteroatoms. The van der Waals surface area contributed by atoms with Crippen molar-refractivity contribution in [3.05, 3.63) is 0 Å². The molecule has 1 aliphatic heterocycles. The SMILES string of the molecule is CSCCCN1C(=O)NC(=O)C12CCCC2. The van der Waals surface area contributed by atoms with Gasteiger partial charge < -0.3 is 4.90 Å². The predicted molar refractivity (Wildman–Crippen MR) is 64.4 cm³/mol. The second-order valence-electron chi connectivity index (χ2n) is 4.50. The number of carbonyl (C=O) groups is 2. The van der Waals surface area contributed by atoms with E-state index in [1.807, 2.05) is 0 Å². The van der Waals surface area contributed by atoms with Crippen molar-refractivity contribution in [2.45, 2.75) is 37.6 Å². The fraction of sp³-hybridized carbons (Fsp3) is 0.818. The van der Waals surface area contributed by atoms with Gasteiger partial charge in [-0.15, -0.1) is 0 Å². The molecule has 90 valence electrons. The summed E-state index contributed by atoms with van der Waals surface area (Å²) in [5, 5.41) is 2.47. The number of urea groups is 1. The van der Waals surface area contributed by atoms with Crippen molar-refractivity contribution in [3.8, 4) is 0 Å². The fourth-order valence-electron chi connectivity index (χ4n) is 2.74. The van der Waals surface area contributed by atoms with Gasteiger partial charge >= 0.3 is 6.03 Å². The molecule has 0 radical (unpaired) electrons. The Hall–Kier alpha value is -0.710. The van der Waals surface area contributed by atoms with Gasteiger partial charge in [0.2, 0.25) is 0 Å². The summed E-state index contributed by atoms with van der Waals surface area (Å²) in [6, 6.07) is -0.187. The molecule has 2 rings (SSSR count). The molecule has 0 aromatic carbocycles. The minimum absolute atomic E-state index is 0.0702. The second-order valence-corrected chi connectivity index (χ2v) is 5.48. The van der Waals surface area contributed by atoms with Gasteiger partial charge in [0.25, 0.3) is 5.91 Å². The first-order valence-electron chi connectivity index (χ1n) is 5.83. The van der Waals surface area contributed by atoms with Gasteiger partial charge in [0.1, 0.15) is 5.54 Å². The standard InChI is InChI=1S/C11H18N2O2S/c1-16-8-4-7-13-10(15)12-9(14)11(13)5-2-3-6-11/h2-8H2,1H3,(H,12,14,15). The highest BCUT2D eigenvalue weighted by Crippen LogP contribution is 2.38. The molecule has 1 saturated carbocycles. The molecule has 1 heterocycles. The monoisotopic (exact) mass is 242 g/mol. The first-order valence-corrected chi connectivity index (χ1v) is 7.22. The first kappa shape index (κ1) is 11.8. The number of nitrogens with one attached hydrogen (secondary N) is 1. The van der Waals surface area contributed by atoms with E-state index in [0.717, 1.165) is 37.9 Å². The maximum Gasteiger partial charge on any atom is 0.325 e. The highest BCUT2D eigenvalue weighted by molar-refractivity contribution is 7.98. The van der Waals surface area contributed by atoms with E-state index in [1.165, 1.54) is 0 Å². The second kappa shape index (κ2) is 4.65. The number of carbonyl (C=O) groups excluding carboxylic acids is 2.